The van der Waals surface area contributed by atoms with Crippen LogP contribution in [0.1, 0.15) is 34.1 Å². The first kappa shape index (κ1) is 11.7. The van der Waals surface area contributed by atoms with Crippen molar-refractivity contribution in [3.8, 4) is 0 Å². The van der Waals surface area contributed by atoms with Crippen molar-refractivity contribution in [1.82, 2.24) is 0 Å². The minimum atomic E-state index is 0. The van der Waals surface area contributed by atoms with Crippen molar-refractivity contribution in [3.05, 3.63) is 0 Å². The van der Waals surface area contributed by atoms with E-state index in [-0.39, 0.29) is 10.9 Å². The van der Waals surface area contributed by atoms with E-state index in [1.165, 1.54) is 0 Å². The van der Waals surface area contributed by atoms with Crippen LogP contribution in [0.3, 0.4) is 0 Å². The highest BCUT2D eigenvalue weighted by Gasteiger charge is 2.17. The zero-order valence-electron chi connectivity index (χ0n) is 6.86. The first-order valence-electron chi connectivity index (χ1n) is 3.24. The number of hydrogen-bond donors (Lipinski definition) is 1. The van der Waals surface area contributed by atoms with Crippen LogP contribution >= 0.6 is 0 Å². The van der Waals surface area contributed by atoms with Gasteiger partial charge in [0.1, 0.15) is 0 Å². The molecule has 0 amide bonds. The molecule has 0 aliphatic carbocycles. The van der Waals surface area contributed by atoms with Crippen LogP contribution in [-0.2, 0) is 0 Å². The summed E-state index contributed by atoms with van der Waals surface area (Å²) < 4.78 is 0. The second kappa shape index (κ2) is 3.85. The van der Waals surface area contributed by atoms with Gasteiger partial charge in [0.2, 0.25) is 0 Å². The molecule has 0 radical (unpaired) electrons. The third-order valence-electron chi connectivity index (χ3n) is 1.55. The zero-order chi connectivity index (χ0) is 6.78. The molecule has 58 valence electrons. The zero-order valence-corrected chi connectivity index (χ0v) is 6.86. The maximum Gasteiger partial charge on any atom is 0.00850 e. The first-order chi connectivity index (χ1) is 3.48. The van der Waals surface area contributed by atoms with Crippen LogP contribution in [0.15, 0.2) is 0 Å². The fraction of sp³-hybridized carbons (Fsp3) is 1.00. The lowest BCUT2D eigenvalue weighted by atomic mass is 9.86. The van der Waals surface area contributed by atoms with Gasteiger partial charge in [-0.2, -0.15) is 0 Å². The van der Waals surface area contributed by atoms with Crippen LogP contribution in [0, 0.1) is 5.41 Å². The van der Waals surface area contributed by atoms with Crippen LogP contribution in [0.4, 0.5) is 0 Å². The van der Waals surface area contributed by atoms with Crippen LogP contribution < -0.4 is 5.73 Å². The molecule has 2 heteroatoms. The Morgan fingerprint density at radius 1 is 1.33 bits per heavy atom. The lowest BCUT2D eigenvalue weighted by molar-refractivity contribution is 0.313. The van der Waals surface area contributed by atoms with Gasteiger partial charge in [-0.3, -0.25) is 0 Å². The van der Waals surface area contributed by atoms with Gasteiger partial charge in [0.05, 0.1) is 0 Å². The molecule has 4 N–H and O–H groups in total. The van der Waals surface area contributed by atoms with Gasteiger partial charge >= 0.3 is 0 Å². The van der Waals surface area contributed by atoms with Gasteiger partial charge in [-0.1, -0.05) is 27.7 Å². The highest BCUT2D eigenvalue weighted by molar-refractivity contribution is 4.74. The predicted octanol–water partition coefficient (Wildman–Crippen LogP) is 0.945. The van der Waals surface area contributed by atoms with Crippen molar-refractivity contribution in [2.24, 2.45) is 11.1 Å². The molecule has 2 nitrogen and oxygen atoms in total. The summed E-state index contributed by atoms with van der Waals surface area (Å²) >= 11 is 0. The average molecular weight is 133 g/mol. The normalized spacial score (nSPS) is 14.3. The molecule has 0 aliphatic rings. The van der Waals surface area contributed by atoms with Gasteiger partial charge in [0, 0.05) is 6.04 Å². The van der Waals surface area contributed by atoms with Crippen molar-refractivity contribution in [2.75, 3.05) is 0 Å². The van der Waals surface area contributed by atoms with Crippen molar-refractivity contribution in [3.63, 3.8) is 0 Å². The SMILES string of the molecule is CCC(N)C(C)(C)C.O. The van der Waals surface area contributed by atoms with E-state index in [0.29, 0.717) is 6.04 Å². The average Bonchev–Trinajstić information content (AvgIpc) is 1.62. The monoisotopic (exact) mass is 133 g/mol. The maximum atomic E-state index is 5.75. The third kappa shape index (κ3) is 4.43. The van der Waals surface area contributed by atoms with Crippen molar-refractivity contribution in [1.29, 1.82) is 0 Å². The van der Waals surface area contributed by atoms with E-state index < -0.39 is 0 Å². The second-order valence-electron chi connectivity index (χ2n) is 3.38. The fourth-order valence-electron chi connectivity index (χ4n) is 0.612. The standard InChI is InChI=1S/C7H17N.H2O/c1-5-6(8)7(2,3)4;/h6H,5,8H2,1-4H3;1H2. The summed E-state index contributed by atoms with van der Waals surface area (Å²) in [7, 11) is 0. The van der Waals surface area contributed by atoms with Gasteiger partial charge in [0.25, 0.3) is 0 Å². The summed E-state index contributed by atoms with van der Waals surface area (Å²) in [6.07, 6.45) is 1.07. The molecule has 0 rings (SSSR count). The molecule has 0 saturated heterocycles. The number of nitrogens with two attached hydrogens (primary N) is 1. The Kier molecular flexibility index (Phi) is 5.00. The second-order valence-corrected chi connectivity index (χ2v) is 3.38. The fourth-order valence-corrected chi connectivity index (χ4v) is 0.612. The molecule has 0 spiro atoms. The first-order valence-corrected chi connectivity index (χ1v) is 3.24. The summed E-state index contributed by atoms with van der Waals surface area (Å²) in [5, 5.41) is 0. The van der Waals surface area contributed by atoms with Crippen LogP contribution in [0.25, 0.3) is 0 Å². The molecule has 0 aromatic carbocycles. The molecule has 0 aromatic heterocycles. The van der Waals surface area contributed by atoms with E-state index in [0.717, 1.165) is 6.42 Å². The number of hydrogen-bond acceptors (Lipinski definition) is 1. The van der Waals surface area contributed by atoms with E-state index in [1.807, 2.05) is 0 Å². The Morgan fingerprint density at radius 3 is 1.67 bits per heavy atom. The van der Waals surface area contributed by atoms with Gasteiger partial charge < -0.3 is 11.2 Å². The minimum Gasteiger partial charge on any atom is -0.412 e. The topological polar surface area (TPSA) is 57.5 Å². The smallest absolute Gasteiger partial charge is 0.00850 e. The summed E-state index contributed by atoms with van der Waals surface area (Å²) in [4.78, 5) is 0. The molecule has 0 saturated carbocycles. The van der Waals surface area contributed by atoms with Crippen molar-refractivity contribution < 1.29 is 5.48 Å². The highest BCUT2D eigenvalue weighted by atomic mass is 16.0. The summed E-state index contributed by atoms with van der Waals surface area (Å²) in [6.45, 7) is 8.62. The Hall–Kier alpha value is -0.0800. The van der Waals surface area contributed by atoms with Gasteiger partial charge in [-0.15, -0.1) is 0 Å². The molecular weight excluding hydrogens is 114 g/mol. The molecule has 0 bridgehead atoms. The molecular formula is C7H19NO. The minimum absolute atomic E-state index is 0. The molecule has 9 heavy (non-hydrogen) atoms. The van der Waals surface area contributed by atoms with Gasteiger partial charge in [-0.05, 0) is 11.8 Å². The van der Waals surface area contributed by atoms with E-state index in [9.17, 15) is 0 Å². The maximum absolute atomic E-state index is 5.75. The molecule has 0 fully saturated rings. The Balaban J connectivity index is 0. The molecule has 1 atom stereocenters. The predicted molar refractivity (Wildman–Crippen MR) is 41.3 cm³/mol. The van der Waals surface area contributed by atoms with Crippen LogP contribution in [-0.4, -0.2) is 11.5 Å². The quantitative estimate of drug-likeness (QED) is 0.568. The molecule has 1 unspecified atom stereocenters. The third-order valence-corrected chi connectivity index (χ3v) is 1.55. The summed E-state index contributed by atoms with van der Waals surface area (Å²) in [5.74, 6) is 0. The lowest BCUT2D eigenvalue weighted by Crippen LogP contribution is -2.33. The number of rotatable bonds is 1. The van der Waals surface area contributed by atoms with Crippen LogP contribution in [0.5, 0.6) is 0 Å². The Bertz CT molecular complexity index is 65.8. The van der Waals surface area contributed by atoms with Gasteiger partial charge in [0.15, 0.2) is 0 Å². The molecule has 0 heterocycles. The van der Waals surface area contributed by atoms with Crippen molar-refractivity contribution >= 4 is 0 Å². The Morgan fingerprint density at radius 2 is 1.67 bits per heavy atom. The molecule has 0 aromatic rings. The van der Waals surface area contributed by atoms with Crippen LogP contribution in [0.2, 0.25) is 0 Å². The van der Waals surface area contributed by atoms with E-state index in [2.05, 4.69) is 27.7 Å². The largest absolute Gasteiger partial charge is 0.412 e. The van der Waals surface area contributed by atoms with Crippen molar-refractivity contribution in [2.45, 2.75) is 40.2 Å². The summed E-state index contributed by atoms with van der Waals surface area (Å²) in [5.41, 5.74) is 6.04. The highest BCUT2D eigenvalue weighted by Crippen LogP contribution is 2.18. The Labute approximate surface area is 57.7 Å². The van der Waals surface area contributed by atoms with E-state index in [1.54, 1.807) is 0 Å². The van der Waals surface area contributed by atoms with E-state index in [4.69, 9.17) is 5.73 Å². The lowest BCUT2D eigenvalue weighted by Gasteiger charge is -2.25. The molecule has 0 aliphatic heterocycles. The van der Waals surface area contributed by atoms with E-state index >= 15 is 0 Å². The van der Waals surface area contributed by atoms with Gasteiger partial charge in [-0.25, -0.2) is 0 Å². The summed E-state index contributed by atoms with van der Waals surface area (Å²) in [6, 6.07) is 0.350.